The van der Waals surface area contributed by atoms with Gasteiger partial charge in [0.1, 0.15) is 11.2 Å². The zero-order valence-electron chi connectivity index (χ0n) is 21.6. The van der Waals surface area contributed by atoms with Crippen molar-refractivity contribution >= 4 is 12.8 Å². The molecule has 4 N–H and O–H groups in total. The molecule has 0 radical (unpaired) electrons. The van der Waals surface area contributed by atoms with E-state index in [1.165, 1.54) is 12.1 Å². The second kappa shape index (κ2) is 11.2. The van der Waals surface area contributed by atoms with Crippen molar-refractivity contribution in [2.24, 2.45) is 5.73 Å². The monoisotopic (exact) mass is 527 g/mol. The maximum atomic E-state index is 13.6. The third-order valence-corrected chi connectivity index (χ3v) is 7.21. The van der Waals surface area contributed by atoms with Crippen LogP contribution in [0.4, 0.5) is 4.39 Å². The summed E-state index contributed by atoms with van der Waals surface area (Å²) in [6.45, 7) is 2.79. The van der Waals surface area contributed by atoms with Crippen LogP contribution in [0.3, 0.4) is 0 Å². The molecule has 0 fully saturated rings. The van der Waals surface area contributed by atoms with Gasteiger partial charge in [0.15, 0.2) is 0 Å². The summed E-state index contributed by atoms with van der Waals surface area (Å²) in [5.41, 5.74) is 12.5. The summed E-state index contributed by atoms with van der Waals surface area (Å²) in [7, 11) is 0. The number of halogens is 1. The molecule has 0 saturated carbocycles. The molecular weight excluding hydrogens is 497 g/mol. The third-order valence-electron chi connectivity index (χ3n) is 7.21. The summed E-state index contributed by atoms with van der Waals surface area (Å²) in [6.07, 6.45) is 3.37. The highest BCUT2D eigenvalue weighted by Crippen LogP contribution is 2.48. The average Bonchev–Trinajstić information content (AvgIpc) is 3.39. The van der Waals surface area contributed by atoms with Crippen LogP contribution in [0.25, 0.3) is 11.5 Å². The molecule has 5 rings (SSSR count). The standard InChI is InChI=1S/C30H30FN5O3/c1-19(32)14-30(29-36-35-28(39-29)22-6-8-25(31)9-7-22)26-10-2-20(15-33-17-37)12-23(26)4-5-24-13-21(16-34-18-38)3-11-27(24)30/h2-3,6-13,17-19H,4-5,14-16,32H2,1H3,(H,33,37)(H,34,38)/t19-/m0/s1. The van der Waals surface area contributed by atoms with Gasteiger partial charge < -0.3 is 20.8 Å². The number of nitrogens with two attached hydrogens (primary N) is 1. The molecule has 1 atom stereocenters. The van der Waals surface area contributed by atoms with Gasteiger partial charge in [0.05, 0.1) is 0 Å². The number of amides is 2. The smallest absolute Gasteiger partial charge is 0.247 e. The van der Waals surface area contributed by atoms with E-state index in [2.05, 4.69) is 45.1 Å². The summed E-state index contributed by atoms with van der Waals surface area (Å²) in [5.74, 6) is 0.347. The number of benzene rings is 3. The van der Waals surface area contributed by atoms with E-state index in [9.17, 15) is 14.0 Å². The molecule has 39 heavy (non-hydrogen) atoms. The van der Waals surface area contributed by atoms with Crippen molar-refractivity contribution in [3.8, 4) is 11.5 Å². The van der Waals surface area contributed by atoms with E-state index in [0.29, 0.717) is 49.7 Å². The fourth-order valence-corrected chi connectivity index (χ4v) is 5.62. The Balaban J connectivity index is 1.73. The van der Waals surface area contributed by atoms with E-state index in [1.54, 1.807) is 12.1 Å². The number of nitrogens with zero attached hydrogens (tertiary/aromatic N) is 2. The first-order chi connectivity index (χ1) is 18.9. The van der Waals surface area contributed by atoms with Crippen LogP contribution in [0.5, 0.6) is 0 Å². The van der Waals surface area contributed by atoms with E-state index < -0.39 is 5.41 Å². The molecule has 0 saturated heterocycles. The lowest BCUT2D eigenvalue weighted by Crippen LogP contribution is -2.37. The minimum atomic E-state index is -0.853. The predicted octanol–water partition coefficient (Wildman–Crippen LogP) is 3.54. The number of carbonyl (C=O) groups is 2. The van der Waals surface area contributed by atoms with Crippen molar-refractivity contribution in [3.05, 3.63) is 106 Å². The highest BCUT2D eigenvalue weighted by molar-refractivity contribution is 5.58. The van der Waals surface area contributed by atoms with Crippen molar-refractivity contribution < 1.29 is 18.4 Å². The normalized spacial score (nSPS) is 14.4. The van der Waals surface area contributed by atoms with E-state index in [1.807, 2.05) is 19.1 Å². The molecule has 0 bridgehead atoms. The van der Waals surface area contributed by atoms with Gasteiger partial charge in [-0.1, -0.05) is 36.4 Å². The Bertz CT molecular complexity index is 1420. The lowest BCUT2D eigenvalue weighted by Gasteiger charge is -2.35. The molecule has 3 aromatic carbocycles. The van der Waals surface area contributed by atoms with Crippen LogP contribution in [0.15, 0.2) is 65.1 Å². The van der Waals surface area contributed by atoms with Crippen molar-refractivity contribution in [2.75, 3.05) is 0 Å². The second-order valence-electron chi connectivity index (χ2n) is 9.99. The molecule has 1 aliphatic rings. The summed E-state index contributed by atoms with van der Waals surface area (Å²) in [4.78, 5) is 21.8. The zero-order valence-corrected chi connectivity index (χ0v) is 21.6. The van der Waals surface area contributed by atoms with Crippen molar-refractivity contribution in [1.82, 2.24) is 20.8 Å². The highest BCUT2D eigenvalue weighted by atomic mass is 19.1. The van der Waals surface area contributed by atoms with Gasteiger partial charge in [-0.25, -0.2) is 4.39 Å². The first-order valence-electron chi connectivity index (χ1n) is 12.9. The molecule has 0 aliphatic heterocycles. The van der Waals surface area contributed by atoms with Gasteiger partial charge in [-0.3, -0.25) is 9.59 Å². The average molecular weight is 528 g/mol. The fraction of sp³-hybridized carbons (Fsp3) is 0.267. The Hall–Kier alpha value is -4.37. The molecule has 9 heteroatoms. The Kier molecular flexibility index (Phi) is 7.51. The molecule has 1 aliphatic carbocycles. The second-order valence-corrected chi connectivity index (χ2v) is 9.99. The van der Waals surface area contributed by atoms with Gasteiger partial charge in [-0.15, -0.1) is 10.2 Å². The first kappa shape index (κ1) is 26.2. The maximum absolute atomic E-state index is 13.6. The molecule has 8 nitrogen and oxygen atoms in total. The molecule has 4 aromatic rings. The number of aryl methyl sites for hydroxylation is 2. The van der Waals surface area contributed by atoms with E-state index in [0.717, 1.165) is 46.2 Å². The number of rotatable bonds is 10. The van der Waals surface area contributed by atoms with Crippen molar-refractivity contribution in [2.45, 2.75) is 50.7 Å². The van der Waals surface area contributed by atoms with Gasteiger partial charge in [0.25, 0.3) is 0 Å². The minimum absolute atomic E-state index is 0.224. The minimum Gasteiger partial charge on any atom is -0.419 e. The lowest BCUT2D eigenvalue weighted by atomic mass is 9.68. The quantitative estimate of drug-likeness (QED) is 0.271. The van der Waals surface area contributed by atoms with Crippen LogP contribution < -0.4 is 16.4 Å². The van der Waals surface area contributed by atoms with Gasteiger partial charge >= 0.3 is 0 Å². The molecule has 200 valence electrons. The molecule has 0 spiro atoms. The van der Waals surface area contributed by atoms with E-state index in [4.69, 9.17) is 10.2 Å². The Morgan fingerprint density at radius 3 is 2.00 bits per heavy atom. The summed E-state index contributed by atoms with van der Waals surface area (Å²) >= 11 is 0. The fourth-order valence-electron chi connectivity index (χ4n) is 5.62. The number of nitrogens with one attached hydrogen (secondary N) is 2. The number of aromatic nitrogens is 2. The number of fused-ring (bicyclic) bond motifs is 2. The van der Waals surface area contributed by atoms with Crippen LogP contribution in [0.2, 0.25) is 0 Å². The number of carbonyl (C=O) groups excluding carboxylic acids is 2. The van der Waals surface area contributed by atoms with Crippen LogP contribution in [0.1, 0.15) is 52.6 Å². The zero-order chi connectivity index (χ0) is 27.4. The Morgan fingerprint density at radius 1 is 0.923 bits per heavy atom. The molecule has 1 heterocycles. The van der Waals surface area contributed by atoms with Gasteiger partial charge in [0, 0.05) is 24.7 Å². The largest absolute Gasteiger partial charge is 0.419 e. The Morgan fingerprint density at radius 2 is 1.49 bits per heavy atom. The first-order valence-corrected chi connectivity index (χ1v) is 12.9. The molecular formula is C30H30FN5O3. The van der Waals surface area contributed by atoms with Gasteiger partial charge in [-0.2, -0.15) is 0 Å². The van der Waals surface area contributed by atoms with Crippen molar-refractivity contribution in [3.63, 3.8) is 0 Å². The summed E-state index contributed by atoms with van der Waals surface area (Å²) in [6, 6.07) is 18.1. The lowest BCUT2D eigenvalue weighted by molar-refractivity contribution is -0.110. The van der Waals surface area contributed by atoms with Crippen molar-refractivity contribution in [1.29, 1.82) is 0 Å². The van der Waals surface area contributed by atoms with Gasteiger partial charge in [0.2, 0.25) is 24.6 Å². The van der Waals surface area contributed by atoms with Crippen LogP contribution >= 0.6 is 0 Å². The topological polar surface area (TPSA) is 123 Å². The summed E-state index contributed by atoms with van der Waals surface area (Å²) < 4.78 is 20.0. The maximum Gasteiger partial charge on any atom is 0.247 e. The molecule has 2 amide bonds. The van der Waals surface area contributed by atoms with Crippen LogP contribution in [0, 0.1) is 5.82 Å². The number of hydrogen-bond acceptors (Lipinski definition) is 6. The SMILES string of the molecule is C[C@H](N)CC1(c2nnc(-c3ccc(F)cc3)o2)c2ccc(CNC=O)cc2CCc2cc(CNC=O)ccc21. The third kappa shape index (κ3) is 5.18. The Labute approximate surface area is 225 Å². The van der Waals surface area contributed by atoms with E-state index in [-0.39, 0.29) is 11.9 Å². The van der Waals surface area contributed by atoms with Crippen LogP contribution in [-0.4, -0.2) is 29.1 Å². The predicted molar refractivity (Wildman–Crippen MR) is 144 cm³/mol. The number of hydrogen-bond donors (Lipinski definition) is 3. The molecule has 0 unspecified atom stereocenters. The van der Waals surface area contributed by atoms with E-state index >= 15 is 0 Å². The highest BCUT2D eigenvalue weighted by Gasteiger charge is 2.46. The summed E-state index contributed by atoms with van der Waals surface area (Å²) in [5, 5.41) is 14.4. The molecule has 1 aromatic heterocycles. The van der Waals surface area contributed by atoms with Crippen LogP contribution in [-0.2, 0) is 40.9 Å². The van der Waals surface area contributed by atoms with Gasteiger partial charge in [-0.05, 0) is 83.8 Å².